The third-order valence-corrected chi connectivity index (χ3v) is 2.91. The van der Waals surface area contributed by atoms with Crippen molar-refractivity contribution in [2.75, 3.05) is 12.3 Å². The van der Waals surface area contributed by atoms with Crippen LogP contribution in [0.2, 0.25) is 0 Å². The van der Waals surface area contributed by atoms with Crippen LogP contribution in [0.1, 0.15) is 5.56 Å². The zero-order chi connectivity index (χ0) is 12.1. The SMILES string of the molecule is Nc1ncccc1CCOc1ccc(Br)cc1. The summed E-state index contributed by atoms with van der Waals surface area (Å²) in [6.45, 7) is 0.595. The number of hydrogen-bond donors (Lipinski definition) is 1. The van der Waals surface area contributed by atoms with E-state index in [9.17, 15) is 0 Å². The van der Waals surface area contributed by atoms with E-state index in [1.165, 1.54) is 0 Å². The molecule has 0 aliphatic heterocycles. The van der Waals surface area contributed by atoms with Gasteiger partial charge in [0.05, 0.1) is 6.61 Å². The lowest BCUT2D eigenvalue weighted by Gasteiger charge is -2.07. The van der Waals surface area contributed by atoms with Gasteiger partial charge >= 0.3 is 0 Å². The molecule has 0 amide bonds. The smallest absolute Gasteiger partial charge is 0.126 e. The molecule has 0 saturated carbocycles. The van der Waals surface area contributed by atoms with Crippen LogP contribution in [0.25, 0.3) is 0 Å². The van der Waals surface area contributed by atoms with Crippen LogP contribution >= 0.6 is 15.9 Å². The lowest BCUT2D eigenvalue weighted by molar-refractivity contribution is 0.322. The van der Waals surface area contributed by atoms with E-state index in [1.807, 2.05) is 36.4 Å². The van der Waals surface area contributed by atoms with Crippen molar-refractivity contribution in [3.05, 3.63) is 52.6 Å². The average Bonchev–Trinajstić information content (AvgIpc) is 2.34. The molecule has 0 aliphatic carbocycles. The predicted molar refractivity (Wildman–Crippen MR) is 72.0 cm³/mol. The second kappa shape index (κ2) is 5.68. The molecule has 17 heavy (non-hydrogen) atoms. The summed E-state index contributed by atoms with van der Waals surface area (Å²) in [6.07, 6.45) is 2.45. The van der Waals surface area contributed by atoms with Crippen LogP contribution in [-0.4, -0.2) is 11.6 Å². The molecule has 0 radical (unpaired) electrons. The minimum Gasteiger partial charge on any atom is -0.493 e. The van der Waals surface area contributed by atoms with E-state index in [4.69, 9.17) is 10.5 Å². The summed E-state index contributed by atoms with van der Waals surface area (Å²) < 4.78 is 6.66. The van der Waals surface area contributed by atoms with Gasteiger partial charge in [0.15, 0.2) is 0 Å². The Morgan fingerprint density at radius 3 is 2.65 bits per heavy atom. The predicted octanol–water partition coefficient (Wildman–Crippen LogP) is 3.05. The Balaban J connectivity index is 1.88. The van der Waals surface area contributed by atoms with Crippen LogP contribution in [0.15, 0.2) is 47.1 Å². The van der Waals surface area contributed by atoms with Gasteiger partial charge in [0.1, 0.15) is 11.6 Å². The molecule has 1 heterocycles. The summed E-state index contributed by atoms with van der Waals surface area (Å²) in [7, 11) is 0. The highest BCUT2D eigenvalue weighted by atomic mass is 79.9. The van der Waals surface area contributed by atoms with Gasteiger partial charge in [-0.05, 0) is 35.9 Å². The van der Waals surface area contributed by atoms with E-state index in [2.05, 4.69) is 20.9 Å². The zero-order valence-corrected chi connectivity index (χ0v) is 10.9. The number of benzene rings is 1. The standard InChI is InChI=1S/C13H13BrN2O/c14-11-3-5-12(6-4-11)17-9-7-10-2-1-8-16-13(10)15/h1-6,8H,7,9H2,(H2,15,16). The summed E-state index contributed by atoms with van der Waals surface area (Å²) in [5.41, 5.74) is 6.77. The molecule has 0 spiro atoms. The lowest BCUT2D eigenvalue weighted by Crippen LogP contribution is -2.04. The van der Waals surface area contributed by atoms with Crippen molar-refractivity contribution in [1.82, 2.24) is 4.98 Å². The van der Waals surface area contributed by atoms with Crippen molar-refractivity contribution in [1.29, 1.82) is 0 Å². The molecule has 4 heteroatoms. The van der Waals surface area contributed by atoms with Gasteiger partial charge in [-0.15, -0.1) is 0 Å². The van der Waals surface area contributed by atoms with Crippen molar-refractivity contribution in [3.8, 4) is 5.75 Å². The number of anilines is 1. The second-order valence-electron chi connectivity index (χ2n) is 3.60. The Hall–Kier alpha value is -1.55. The molecule has 1 aromatic heterocycles. The molecule has 2 N–H and O–H groups in total. The van der Waals surface area contributed by atoms with Gasteiger partial charge in [-0.3, -0.25) is 0 Å². The molecular formula is C13H13BrN2O. The van der Waals surface area contributed by atoms with Crippen LogP contribution in [0, 0.1) is 0 Å². The number of halogens is 1. The first-order valence-corrected chi connectivity index (χ1v) is 6.13. The van der Waals surface area contributed by atoms with E-state index in [0.717, 1.165) is 22.2 Å². The van der Waals surface area contributed by atoms with Crippen molar-refractivity contribution >= 4 is 21.7 Å². The molecule has 0 bridgehead atoms. The molecule has 88 valence electrons. The Morgan fingerprint density at radius 1 is 1.18 bits per heavy atom. The van der Waals surface area contributed by atoms with Gasteiger partial charge in [0, 0.05) is 17.1 Å². The molecule has 0 unspecified atom stereocenters. The molecular weight excluding hydrogens is 280 g/mol. The second-order valence-corrected chi connectivity index (χ2v) is 4.52. The quantitative estimate of drug-likeness (QED) is 0.942. The van der Waals surface area contributed by atoms with Gasteiger partial charge in [-0.2, -0.15) is 0 Å². The minimum atomic E-state index is 0.576. The first-order valence-electron chi connectivity index (χ1n) is 5.33. The fraction of sp³-hybridized carbons (Fsp3) is 0.154. The molecule has 0 aliphatic rings. The Bertz CT molecular complexity index is 485. The maximum absolute atomic E-state index is 5.75. The number of nitrogens with two attached hydrogens (primary N) is 1. The maximum Gasteiger partial charge on any atom is 0.126 e. The van der Waals surface area contributed by atoms with E-state index in [1.54, 1.807) is 6.20 Å². The lowest BCUT2D eigenvalue weighted by atomic mass is 10.2. The first kappa shape index (κ1) is 11.9. The van der Waals surface area contributed by atoms with Gasteiger partial charge < -0.3 is 10.5 Å². The van der Waals surface area contributed by atoms with Crippen LogP contribution < -0.4 is 10.5 Å². The minimum absolute atomic E-state index is 0.576. The van der Waals surface area contributed by atoms with Crippen LogP contribution in [0.4, 0.5) is 5.82 Å². The fourth-order valence-electron chi connectivity index (χ4n) is 1.47. The third kappa shape index (κ3) is 3.46. The number of hydrogen-bond acceptors (Lipinski definition) is 3. The van der Waals surface area contributed by atoms with E-state index in [-0.39, 0.29) is 0 Å². The Morgan fingerprint density at radius 2 is 1.94 bits per heavy atom. The summed E-state index contributed by atoms with van der Waals surface area (Å²) in [5.74, 6) is 1.43. The fourth-order valence-corrected chi connectivity index (χ4v) is 1.74. The average molecular weight is 293 g/mol. The normalized spacial score (nSPS) is 10.2. The van der Waals surface area contributed by atoms with E-state index >= 15 is 0 Å². The molecule has 3 nitrogen and oxygen atoms in total. The van der Waals surface area contributed by atoms with Crippen LogP contribution in [0.3, 0.4) is 0 Å². The number of rotatable bonds is 4. The largest absolute Gasteiger partial charge is 0.493 e. The highest BCUT2D eigenvalue weighted by Crippen LogP contribution is 2.16. The van der Waals surface area contributed by atoms with Gasteiger partial charge in [-0.1, -0.05) is 22.0 Å². The van der Waals surface area contributed by atoms with E-state index in [0.29, 0.717) is 12.4 Å². The van der Waals surface area contributed by atoms with Gasteiger partial charge in [0.25, 0.3) is 0 Å². The number of ether oxygens (including phenoxy) is 1. The van der Waals surface area contributed by atoms with E-state index < -0.39 is 0 Å². The summed E-state index contributed by atoms with van der Waals surface area (Å²) >= 11 is 3.38. The van der Waals surface area contributed by atoms with Crippen molar-refractivity contribution in [2.45, 2.75) is 6.42 Å². The van der Waals surface area contributed by atoms with Crippen molar-refractivity contribution in [3.63, 3.8) is 0 Å². The van der Waals surface area contributed by atoms with Gasteiger partial charge in [-0.25, -0.2) is 4.98 Å². The molecule has 0 saturated heterocycles. The molecule has 2 aromatic rings. The number of pyridine rings is 1. The van der Waals surface area contributed by atoms with Gasteiger partial charge in [0.2, 0.25) is 0 Å². The highest BCUT2D eigenvalue weighted by Gasteiger charge is 1.99. The Labute approximate surface area is 109 Å². The summed E-state index contributed by atoms with van der Waals surface area (Å²) in [6, 6.07) is 11.6. The van der Waals surface area contributed by atoms with Crippen LogP contribution in [-0.2, 0) is 6.42 Å². The molecule has 0 fully saturated rings. The monoisotopic (exact) mass is 292 g/mol. The Kier molecular flexibility index (Phi) is 3.98. The highest BCUT2D eigenvalue weighted by molar-refractivity contribution is 9.10. The third-order valence-electron chi connectivity index (χ3n) is 2.38. The molecule has 1 aromatic carbocycles. The molecule has 2 rings (SSSR count). The molecule has 0 atom stereocenters. The first-order chi connectivity index (χ1) is 8.25. The number of nitrogens with zero attached hydrogens (tertiary/aromatic N) is 1. The maximum atomic E-state index is 5.75. The van der Waals surface area contributed by atoms with Crippen LogP contribution in [0.5, 0.6) is 5.75 Å². The summed E-state index contributed by atoms with van der Waals surface area (Å²) in [4.78, 5) is 4.03. The van der Waals surface area contributed by atoms with Crippen molar-refractivity contribution < 1.29 is 4.74 Å². The number of aromatic nitrogens is 1. The number of nitrogen functional groups attached to an aromatic ring is 1. The zero-order valence-electron chi connectivity index (χ0n) is 9.27. The summed E-state index contributed by atoms with van der Waals surface area (Å²) in [5, 5.41) is 0. The van der Waals surface area contributed by atoms with Crippen molar-refractivity contribution in [2.24, 2.45) is 0 Å². The topological polar surface area (TPSA) is 48.1 Å².